The third kappa shape index (κ3) is 2.10. The molecule has 0 saturated carbocycles. The summed E-state index contributed by atoms with van der Waals surface area (Å²) in [5, 5.41) is 0. The quantitative estimate of drug-likeness (QED) is 0.383. The average molecular weight is 421 g/mol. The smallest absolute Gasteiger partial charge is 0.348 e. The van der Waals surface area contributed by atoms with Crippen LogP contribution in [0, 0.1) is 5.82 Å². The first kappa shape index (κ1) is 17.3. The van der Waals surface area contributed by atoms with Gasteiger partial charge in [0, 0.05) is 10.8 Å². The first-order valence-corrected chi connectivity index (χ1v) is 9.84. The van der Waals surface area contributed by atoms with Gasteiger partial charge in [0.25, 0.3) is 0 Å². The van der Waals surface area contributed by atoms with Crippen molar-refractivity contribution in [1.29, 1.82) is 0 Å². The lowest BCUT2D eigenvalue weighted by atomic mass is 9.77. The number of esters is 2. The molecule has 0 aromatic heterocycles. The molecule has 0 radical (unpaired) electrons. The SMILES string of the molecule is O=C1OC(=O)C2(Cl)C(c3ccc(F)cc3)C3=C(SC12Cl)c1ccccc1C3. The van der Waals surface area contributed by atoms with E-state index in [-0.39, 0.29) is 0 Å². The second-order valence-corrected chi connectivity index (χ2v) is 9.37. The predicted molar refractivity (Wildman–Crippen MR) is 102 cm³/mol. The summed E-state index contributed by atoms with van der Waals surface area (Å²) in [6.45, 7) is 0. The Labute approximate surface area is 168 Å². The van der Waals surface area contributed by atoms with Gasteiger partial charge in [-0.3, -0.25) is 0 Å². The van der Waals surface area contributed by atoms with Crippen molar-refractivity contribution in [3.63, 3.8) is 0 Å². The van der Waals surface area contributed by atoms with Crippen molar-refractivity contribution >= 4 is 51.8 Å². The van der Waals surface area contributed by atoms with Crippen LogP contribution in [0.3, 0.4) is 0 Å². The van der Waals surface area contributed by atoms with Crippen molar-refractivity contribution in [1.82, 2.24) is 0 Å². The van der Waals surface area contributed by atoms with Gasteiger partial charge in [0.1, 0.15) is 5.82 Å². The van der Waals surface area contributed by atoms with E-state index in [2.05, 4.69) is 0 Å². The Bertz CT molecular complexity index is 1050. The number of ether oxygens (including phenoxy) is 1. The summed E-state index contributed by atoms with van der Waals surface area (Å²) in [5.74, 6) is -2.84. The Morgan fingerprint density at radius 3 is 2.48 bits per heavy atom. The Hall–Kier alpha value is -1.82. The summed E-state index contributed by atoms with van der Waals surface area (Å²) in [6, 6.07) is 13.5. The molecule has 7 heteroatoms. The van der Waals surface area contributed by atoms with Crippen LogP contribution >= 0.6 is 35.0 Å². The lowest BCUT2D eigenvalue weighted by molar-refractivity contribution is -0.152. The zero-order valence-corrected chi connectivity index (χ0v) is 16.0. The fraction of sp³-hybridized carbons (Fsp3) is 0.200. The summed E-state index contributed by atoms with van der Waals surface area (Å²) < 4.78 is 16.6. The van der Waals surface area contributed by atoms with E-state index in [4.69, 9.17) is 27.9 Å². The van der Waals surface area contributed by atoms with Crippen molar-refractivity contribution in [3.8, 4) is 0 Å². The summed E-state index contributed by atoms with van der Waals surface area (Å²) in [7, 11) is 0. The minimum Gasteiger partial charge on any atom is -0.390 e. The molecule has 0 amide bonds. The van der Waals surface area contributed by atoms with E-state index < -0.39 is 32.8 Å². The highest BCUT2D eigenvalue weighted by Gasteiger charge is 2.75. The number of fused-ring (bicyclic) bond motifs is 3. The van der Waals surface area contributed by atoms with Crippen molar-refractivity contribution in [3.05, 3.63) is 76.6 Å². The van der Waals surface area contributed by atoms with Crippen molar-refractivity contribution in [2.24, 2.45) is 0 Å². The van der Waals surface area contributed by atoms with Gasteiger partial charge in [0.05, 0.1) is 0 Å². The molecule has 0 N–H and O–H groups in total. The molecular weight excluding hydrogens is 410 g/mol. The largest absolute Gasteiger partial charge is 0.390 e. The lowest BCUT2D eigenvalue weighted by Crippen LogP contribution is -2.53. The topological polar surface area (TPSA) is 43.4 Å². The molecule has 5 rings (SSSR count). The molecule has 27 heavy (non-hydrogen) atoms. The van der Waals surface area contributed by atoms with Crippen LogP contribution in [0.2, 0.25) is 0 Å². The molecule has 2 heterocycles. The van der Waals surface area contributed by atoms with Crippen LogP contribution in [0.4, 0.5) is 4.39 Å². The maximum absolute atomic E-state index is 13.5. The van der Waals surface area contributed by atoms with E-state index in [0.717, 1.165) is 33.4 Å². The van der Waals surface area contributed by atoms with Gasteiger partial charge in [-0.1, -0.05) is 59.8 Å². The Balaban J connectivity index is 1.79. The Morgan fingerprint density at radius 2 is 1.74 bits per heavy atom. The second kappa shape index (κ2) is 5.60. The van der Waals surface area contributed by atoms with Gasteiger partial charge < -0.3 is 4.74 Å². The van der Waals surface area contributed by atoms with Crippen LogP contribution in [-0.4, -0.2) is 21.0 Å². The minimum absolute atomic E-state index is 0.404. The number of allylic oxidation sites excluding steroid dienone is 1. The fourth-order valence-electron chi connectivity index (χ4n) is 4.10. The standard InChI is InChI=1S/C20H11Cl2FO3S/c21-19-15(10-5-7-12(23)8-6-10)14-9-11-3-1-2-4-13(11)16(14)27-20(19,22)18(25)26-17(19)24/h1-8,15H,9H2. The summed E-state index contributed by atoms with van der Waals surface area (Å²) >= 11 is 14.6. The maximum atomic E-state index is 13.5. The summed E-state index contributed by atoms with van der Waals surface area (Å²) in [4.78, 5) is 24.2. The highest BCUT2D eigenvalue weighted by Crippen LogP contribution is 2.68. The molecule has 2 aliphatic heterocycles. The molecule has 1 fully saturated rings. The Morgan fingerprint density at radius 1 is 1.04 bits per heavy atom. The Kier molecular flexibility index (Phi) is 3.58. The molecule has 3 unspecified atom stereocenters. The molecule has 3 nitrogen and oxygen atoms in total. The minimum atomic E-state index is -1.81. The van der Waals surface area contributed by atoms with Gasteiger partial charge >= 0.3 is 11.9 Å². The number of alkyl halides is 2. The van der Waals surface area contributed by atoms with Crippen LogP contribution in [0.15, 0.2) is 54.1 Å². The van der Waals surface area contributed by atoms with Gasteiger partial charge in [-0.15, -0.1) is 11.6 Å². The number of benzene rings is 2. The van der Waals surface area contributed by atoms with Crippen LogP contribution < -0.4 is 0 Å². The number of carbonyl (C=O) groups is 2. The van der Waals surface area contributed by atoms with Crippen LogP contribution in [0.25, 0.3) is 4.91 Å². The van der Waals surface area contributed by atoms with Crippen LogP contribution in [0.5, 0.6) is 0 Å². The number of rotatable bonds is 1. The van der Waals surface area contributed by atoms with E-state index in [1.807, 2.05) is 24.3 Å². The third-order valence-corrected chi connectivity index (χ3v) is 8.34. The lowest BCUT2D eigenvalue weighted by Gasteiger charge is -2.41. The van der Waals surface area contributed by atoms with Gasteiger partial charge in [0.15, 0.2) is 4.87 Å². The molecule has 136 valence electrons. The number of carbonyl (C=O) groups excluding carboxylic acids is 2. The molecule has 3 atom stereocenters. The third-order valence-electron chi connectivity index (χ3n) is 5.34. The molecule has 2 aromatic carbocycles. The summed E-state index contributed by atoms with van der Waals surface area (Å²) in [5.41, 5.74) is 3.55. The van der Waals surface area contributed by atoms with E-state index in [9.17, 15) is 14.0 Å². The normalized spacial score (nSPS) is 31.4. The zero-order valence-electron chi connectivity index (χ0n) is 13.7. The number of cyclic esters (lactones) is 2. The first-order chi connectivity index (χ1) is 12.9. The maximum Gasteiger partial charge on any atom is 0.348 e. The monoisotopic (exact) mass is 420 g/mol. The number of thioether (sulfide) groups is 1. The van der Waals surface area contributed by atoms with E-state index in [1.54, 1.807) is 12.1 Å². The second-order valence-electron chi connectivity index (χ2n) is 6.76. The highest BCUT2D eigenvalue weighted by molar-refractivity contribution is 8.11. The van der Waals surface area contributed by atoms with E-state index in [1.165, 1.54) is 12.1 Å². The molecule has 2 aromatic rings. The molecule has 3 aliphatic rings. The van der Waals surface area contributed by atoms with Gasteiger partial charge in [0.2, 0.25) is 4.21 Å². The summed E-state index contributed by atoms with van der Waals surface area (Å²) in [6.07, 6.45) is 0.573. The number of hydrogen-bond acceptors (Lipinski definition) is 4. The molecular formula is C20H11Cl2FO3S. The highest BCUT2D eigenvalue weighted by atomic mass is 35.5. The average Bonchev–Trinajstić information content (AvgIpc) is 3.08. The van der Waals surface area contributed by atoms with Crippen molar-refractivity contribution < 1.29 is 18.7 Å². The first-order valence-electron chi connectivity index (χ1n) is 8.26. The molecule has 0 spiro atoms. The number of halogens is 3. The van der Waals surface area contributed by atoms with Gasteiger partial charge in [-0.2, -0.15) is 0 Å². The van der Waals surface area contributed by atoms with Crippen LogP contribution in [-0.2, 0) is 20.7 Å². The van der Waals surface area contributed by atoms with Gasteiger partial charge in [-0.05, 0) is 40.8 Å². The van der Waals surface area contributed by atoms with E-state index >= 15 is 0 Å². The van der Waals surface area contributed by atoms with Crippen molar-refractivity contribution in [2.45, 2.75) is 21.4 Å². The molecule has 0 bridgehead atoms. The van der Waals surface area contributed by atoms with Crippen LogP contribution in [0.1, 0.15) is 22.6 Å². The van der Waals surface area contributed by atoms with Gasteiger partial charge in [-0.25, -0.2) is 14.0 Å². The fourth-order valence-corrected chi connectivity index (χ4v) is 6.43. The van der Waals surface area contributed by atoms with Crippen molar-refractivity contribution in [2.75, 3.05) is 0 Å². The van der Waals surface area contributed by atoms with E-state index in [0.29, 0.717) is 12.0 Å². The molecule has 1 saturated heterocycles. The zero-order chi connectivity index (χ0) is 19.0. The number of hydrogen-bond donors (Lipinski definition) is 0. The molecule has 1 aliphatic carbocycles. The predicted octanol–water partition coefficient (Wildman–Crippen LogP) is 4.62.